The Hall–Kier alpha value is 2.77. The van der Waals surface area contributed by atoms with Crippen LogP contribution in [0.1, 0.15) is 6.42 Å². The first-order chi connectivity index (χ1) is 11.0. The minimum atomic E-state index is -0.777. The van der Waals surface area contributed by atoms with E-state index in [1.54, 1.807) is 12.8 Å². The molecular weight excluding hydrogens is 556 g/mol. The standard InChI is InChI=1S/C7H7O2.C5H5.6ClH.3Fe/c8-7(9)5-6-3-1-2-4-6;1-2-4-5-3-1;;;;;;;;;/h1-4H,5H2,(H,8,9);1-5H;6*1H;;;/q;;;;;;;;3*+2/p-6. The summed E-state index contributed by atoms with van der Waals surface area (Å²) in [5, 5.41) is 8.29. The van der Waals surface area contributed by atoms with Crippen molar-refractivity contribution in [3.8, 4) is 0 Å². The third-order valence-electron chi connectivity index (χ3n) is 1.64. The summed E-state index contributed by atoms with van der Waals surface area (Å²) in [7, 11) is 28.6. The van der Waals surface area contributed by atoms with Crippen LogP contribution in [0, 0.1) is 63.7 Å². The van der Waals surface area contributed by atoms with Gasteiger partial charge in [0.25, 0.3) is 0 Å². The van der Waals surface area contributed by atoms with Crippen molar-refractivity contribution in [2.45, 2.75) is 6.42 Å². The molecule has 2 rings (SSSR count). The third-order valence-corrected chi connectivity index (χ3v) is 1.64. The second kappa shape index (κ2) is 29.5. The van der Waals surface area contributed by atoms with Gasteiger partial charge in [-0.25, -0.2) is 0 Å². The van der Waals surface area contributed by atoms with E-state index in [0.29, 0.717) is 0 Å². The molecule has 0 bridgehead atoms. The SMILES string of the molecule is O=C(O)C[C]1[CH][CH][CH][CH]1.[CH]1[CH][CH][CH][CH]1.[Cl][Fe][Cl].[Cl][Fe][Cl].[Cl][Fe][Cl]. The summed E-state index contributed by atoms with van der Waals surface area (Å²) >= 11 is 0.583. The van der Waals surface area contributed by atoms with Gasteiger partial charge in [-0.3, -0.25) is 4.79 Å². The van der Waals surface area contributed by atoms with Crippen LogP contribution in [0.25, 0.3) is 0 Å². The van der Waals surface area contributed by atoms with Crippen molar-refractivity contribution in [2.75, 3.05) is 0 Å². The predicted octanol–water partition coefficient (Wildman–Crippen LogP) is 6.02. The monoisotopic (exact) mass is 566 g/mol. The van der Waals surface area contributed by atoms with Gasteiger partial charge in [0, 0.05) is 0 Å². The molecule has 2 aliphatic carbocycles. The van der Waals surface area contributed by atoms with Crippen molar-refractivity contribution >= 4 is 66.6 Å². The Labute approximate surface area is 184 Å². The molecule has 1 N–H and O–H groups in total. The molecule has 0 atom stereocenters. The van der Waals surface area contributed by atoms with Crippen molar-refractivity contribution in [3.05, 3.63) is 63.7 Å². The van der Waals surface area contributed by atoms with Crippen LogP contribution in [-0.2, 0) is 44.2 Å². The first-order valence-corrected chi connectivity index (χ1v) is 14.3. The quantitative estimate of drug-likeness (QED) is 0.414. The van der Waals surface area contributed by atoms with Crippen molar-refractivity contribution in [1.29, 1.82) is 0 Å². The number of hydrogen-bond donors (Lipinski definition) is 1. The number of aliphatic carboxylic acids is 1. The van der Waals surface area contributed by atoms with Gasteiger partial charge in [0.1, 0.15) is 0 Å². The number of halogens is 6. The van der Waals surface area contributed by atoms with Gasteiger partial charge in [0.05, 0.1) is 6.42 Å². The van der Waals surface area contributed by atoms with Gasteiger partial charge in [-0.15, -0.1) is 0 Å². The Morgan fingerprint density at radius 1 is 0.739 bits per heavy atom. The number of carbonyl (C=O) groups is 1. The van der Waals surface area contributed by atoms with Crippen molar-refractivity contribution in [2.24, 2.45) is 0 Å². The van der Waals surface area contributed by atoms with E-state index in [1.807, 2.05) is 44.9 Å². The van der Waals surface area contributed by atoms with Crippen LogP contribution >= 0.6 is 60.6 Å². The molecule has 138 valence electrons. The van der Waals surface area contributed by atoms with E-state index in [0.717, 1.165) is 5.92 Å². The van der Waals surface area contributed by atoms with Gasteiger partial charge in [0.2, 0.25) is 0 Å². The molecule has 2 nitrogen and oxygen atoms in total. The van der Waals surface area contributed by atoms with E-state index < -0.39 is 5.97 Å². The fraction of sp³-hybridized carbons (Fsp3) is 0.0833. The van der Waals surface area contributed by atoms with Gasteiger partial charge in [-0.2, -0.15) is 0 Å². The third kappa shape index (κ3) is 36.5. The summed E-state index contributed by atoms with van der Waals surface area (Å²) in [6.45, 7) is 0. The Morgan fingerprint density at radius 2 is 1.00 bits per heavy atom. The van der Waals surface area contributed by atoms with Crippen LogP contribution in [0.4, 0.5) is 0 Å². The second-order valence-electron chi connectivity index (χ2n) is 2.98. The molecule has 23 heavy (non-hydrogen) atoms. The van der Waals surface area contributed by atoms with Crippen LogP contribution in [0.15, 0.2) is 0 Å². The summed E-state index contributed by atoms with van der Waals surface area (Å²) in [5.41, 5.74) is 0. The summed E-state index contributed by atoms with van der Waals surface area (Å²) in [6, 6.07) is 0. The van der Waals surface area contributed by atoms with E-state index >= 15 is 0 Å². The van der Waals surface area contributed by atoms with Gasteiger partial charge in [0.15, 0.2) is 0 Å². The Bertz CT molecular complexity index is 209. The summed E-state index contributed by atoms with van der Waals surface area (Å²) in [5.74, 6) is 0.0868. The minimum absolute atomic E-state index is 0.132. The van der Waals surface area contributed by atoms with Crippen molar-refractivity contribution in [1.82, 2.24) is 0 Å². The zero-order valence-electron chi connectivity index (χ0n) is 11.1. The molecule has 2 saturated carbocycles. The summed E-state index contributed by atoms with van der Waals surface area (Å²) < 4.78 is 0. The molecule has 0 aromatic carbocycles. The zero-order valence-corrected chi connectivity index (χ0v) is 18.9. The normalized spacial score (nSPS) is 16.1. The van der Waals surface area contributed by atoms with Crippen molar-refractivity contribution < 1.29 is 49.3 Å². The Balaban J connectivity index is -0.000000244. The molecule has 10 radical (unpaired) electrons. The van der Waals surface area contributed by atoms with Gasteiger partial charge in [-0.1, -0.05) is 0 Å². The number of hydrogen-bond acceptors (Lipinski definition) is 1. The van der Waals surface area contributed by atoms with Crippen LogP contribution in [0.5, 0.6) is 0 Å². The molecular formula is C12H12Cl6Fe3O2. The fourth-order valence-electron chi connectivity index (χ4n) is 1.03. The molecule has 0 unspecified atom stereocenters. The van der Waals surface area contributed by atoms with E-state index in [1.165, 1.54) is 0 Å². The number of carboxylic acid groups (broad SMARTS) is 1. The molecule has 11 heteroatoms. The molecule has 0 amide bonds. The molecule has 0 aliphatic heterocycles. The van der Waals surface area contributed by atoms with Crippen LogP contribution in [-0.4, -0.2) is 11.1 Å². The number of rotatable bonds is 2. The molecule has 0 saturated heterocycles. The average Bonchev–Trinajstić information content (AvgIpc) is 3.16. The fourth-order valence-corrected chi connectivity index (χ4v) is 1.03. The molecule has 2 aliphatic rings. The van der Waals surface area contributed by atoms with Crippen LogP contribution < -0.4 is 0 Å². The topological polar surface area (TPSA) is 37.3 Å². The Morgan fingerprint density at radius 3 is 1.22 bits per heavy atom. The second-order valence-corrected chi connectivity index (χ2v) is 8.45. The van der Waals surface area contributed by atoms with Gasteiger partial charge in [-0.05, 0) is 63.7 Å². The zero-order chi connectivity index (χ0) is 18.3. The predicted molar refractivity (Wildman–Crippen MR) is 89.3 cm³/mol. The Kier molecular flexibility index (Phi) is 39.2. The summed E-state index contributed by atoms with van der Waals surface area (Å²) in [4.78, 5) is 10.1. The maximum atomic E-state index is 10.1. The van der Waals surface area contributed by atoms with E-state index in [4.69, 9.17) is 65.7 Å². The molecule has 0 aromatic rings. The maximum absolute atomic E-state index is 10.1. The van der Waals surface area contributed by atoms with E-state index in [2.05, 4.69) is 0 Å². The van der Waals surface area contributed by atoms with Gasteiger partial charge < -0.3 is 5.11 Å². The first kappa shape index (κ1) is 30.5. The molecule has 0 spiro atoms. The molecule has 0 heterocycles. The van der Waals surface area contributed by atoms with Crippen molar-refractivity contribution in [3.63, 3.8) is 0 Å². The average molecular weight is 568 g/mol. The number of carboxylic acids is 1. The summed E-state index contributed by atoms with van der Waals surface area (Å²) in [6.07, 6.45) is 17.4. The molecule has 0 aromatic heterocycles. The molecule has 2 fully saturated rings. The van der Waals surface area contributed by atoms with E-state index in [9.17, 15) is 4.79 Å². The van der Waals surface area contributed by atoms with E-state index in [-0.39, 0.29) is 45.8 Å². The van der Waals surface area contributed by atoms with Crippen LogP contribution in [0.2, 0.25) is 0 Å². The van der Waals surface area contributed by atoms with Gasteiger partial charge >= 0.3 is 106 Å². The van der Waals surface area contributed by atoms with Crippen LogP contribution in [0.3, 0.4) is 0 Å². The first-order valence-electron chi connectivity index (χ1n) is 5.18.